The predicted octanol–water partition coefficient (Wildman–Crippen LogP) is 4.59. The minimum Gasteiger partial charge on any atom is -0.440 e. The number of nitrogens with one attached hydrogen (secondary N) is 1. The van der Waals surface area contributed by atoms with Gasteiger partial charge in [0, 0.05) is 11.5 Å². The highest BCUT2D eigenvalue weighted by atomic mass is 16.4. The van der Waals surface area contributed by atoms with Crippen LogP contribution >= 0.6 is 0 Å². The maximum atomic E-state index is 13.0. The second-order valence-corrected chi connectivity index (χ2v) is 7.80. The monoisotopic (exact) mass is 295 g/mol. The van der Waals surface area contributed by atoms with E-state index in [1.165, 1.54) is 19.3 Å². The summed E-state index contributed by atoms with van der Waals surface area (Å²) in [5, 5.41) is 4.13. The normalized spacial score (nSPS) is 35.9. The van der Waals surface area contributed by atoms with Crippen molar-refractivity contribution in [3.05, 3.63) is 30.3 Å². The summed E-state index contributed by atoms with van der Waals surface area (Å²) in [5.74, 6) is 3.15. The van der Waals surface area contributed by atoms with Crippen molar-refractivity contribution in [2.24, 2.45) is 23.2 Å². The fourth-order valence-corrected chi connectivity index (χ4v) is 5.68. The first-order valence-corrected chi connectivity index (χ1v) is 8.50. The van der Waals surface area contributed by atoms with E-state index < -0.39 is 0 Å². The van der Waals surface area contributed by atoms with E-state index in [2.05, 4.69) is 5.32 Å². The van der Waals surface area contributed by atoms with Crippen LogP contribution in [0.1, 0.15) is 38.5 Å². The first-order chi connectivity index (χ1) is 10.7. The van der Waals surface area contributed by atoms with Crippen LogP contribution in [0.25, 0.3) is 11.0 Å². The van der Waals surface area contributed by atoms with Crippen molar-refractivity contribution >= 4 is 22.8 Å². The number of benzene rings is 1. The highest BCUT2D eigenvalue weighted by molar-refractivity contribution is 5.96. The van der Waals surface area contributed by atoms with Crippen LogP contribution in [-0.4, -0.2) is 5.91 Å². The molecule has 0 unspecified atom stereocenters. The first-order valence-electron chi connectivity index (χ1n) is 8.50. The summed E-state index contributed by atoms with van der Waals surface area (Å²) in [7, 11) is 0. The van der Waals surface area contributed by atoms with Gasteiger partial charge in [0.2, 0.25) is 11.8 Å². The molecular weight excluding hydrogens is 274 g/mol. The minimum absolute atomic E-state index is 0.117. The number of rotatable bonds is 2. The van der Waals surface area contributed by atoms with Gasteiger partial charge in [0.25, 0.3) is 0 Å². The van der Waals surface area contributed by atoms with Crippen molar-refractivity contribution in [1.29, 1.82) is 0 Å². The van der Waals surface area contributed by atoms with Crippen molar-refractivity contribution in [3.63, 3.8) is 0 Å². The van der Waals surface area contributed by atoms with Gasteiger partial charge in [0.05, 0.1) is 5.41 Å². The third kappa shape index (κ3) is 1.84. The van der Waals surface area contributed by atoms with Gasteiger partial charge in [-0.25, -0.2) is 0 Å². The average Bonchev–Trinajstić information content (AvgIpc) is 2.88. The molecule has 4 fully saturated rings. The van der Waals surface area contributed by atoms with E-state index in [0.29, 0.717) is 5.88 Å². The van der Waals surface area contributed by atoms with Crippen LogP contribution in [0.15, 0.2) is 34.7 Å². The summed E-state index contributed by atoms with van der Waals surface area (Å²) in [5.41, 5.74) is 0.719. The summed E-state index contributed by atoms with van der Waals surface area (Å²) < 4.78 is 5.77. The molecule has 4 saturated carbocycles. The molecule has 1 N–H and O–H groups in total. The minimum atomic E-state index is -0.117. The summed E-state index contributed by atoms with van der Waals surface area (Å²) >= 11 is 0. The van der Waals surface area contributed by atoms with Crippen molar-refractivity contribution in [3.8, 4) is 0 Å². The molecule has 6 rings (SSSR count). The van der Waals surface area contributed by atoms with Crippen molar-refractivity contribution in [1.82, 2.24) is 0 Å². The lowest BCUT2D eigenvalue weighted by Gasteiger charge is -2.55. The molecule has 0 spiro atoms. The Hall–Kier alpha value is -1.77. The van der Waals surface area contributed by atoms with Gasteiger partial charge in [-0.1, -0.05) is 18.2 Å². The molecule has 4 bridgehead atoms. The van der Waals surface area contributed by atoms with Gasteiger partial charge in [-0.15, -0.1) is 0 Å². The Balaban J connectivity index is 1.42. The number of para-hydroxylation sites is 1. The van der Waals surface area contributed by atoms with Crippen LogP contribution in [0.2, 0.25) is 0 Å². The maximum Gasteiger partial charge on any atom is 0.232 e. The lowest BCUT2D eigenvalue weighted by molar-refractivity contribution is -0.140. The van der Waals surface area contributed by atoms with Gasteiger partial charge in [-0.05, 0) is 62.3 Å². The van der Waals surface area contributed by atoms with E-state index in [-0.39, 0.29) is 11.3 Å². The Kier molecular flexibility index (Phi) is 2.53. The number of carbonyl (C=O) groups excluding carboxylic acids is 1. The number of hydrogen-bond donors (Lipinski definition) is 1. The number of amides is 1. The summed E-state index contributed by atoms with van der Waals surface area (Å²) in [4.78, 5) is 13.0. The highest BCUT2D eigenvalue weighted by Crippen LogP contribution is 2.60. The van der Waals surface area contributed by atoms with Gasteiger partial charge in [0.15, 0.2) is 0 Å². The summed E-state index contributed by atoms with van der Waals surface area (Å²) in [6.45, 7) is 0. The second-order valence-electron chi connectivity index (χ2n) is 7.80. The van der Waals surface area contributed by atoms with E-state index in [1.807, 2.05) is 30.3 Å². The fraction of sp³-hybridized carbons (Fsp3) is 0.526. The Labute approximate surface area is 130 Å². The van der Waals surface area contributed by atoms with Crippen LogP contribution in [0.3, 0.4) is 0 Å². The smallest absolute Gasteiger partial charge is 0.232 e. The fourth-order valence-electron chi connectivity index (χ4n) is 5.68. The zero-order chi connectivity index (χ0) is 14.7. The van der Waals surface area contributed by atoms with E-state index in [4.69, 9.17) is 4.42 Å². The molecule has 22 heavy (non-hydrogen) atoms. The Morgan fingerprint density at radius 3 is 2.32 bits per heavy atom. The topological polar surface area (TPSA) is 42.2 Å². The molecule has 1 aromatic carbocycles. The zero-order valence-electron chi connectivity index (χ0n) is 12.7. The average molecular weight is 295 g/mol. The van der Waals surface area contributed by atoms with Crippen molar-refractivity contribution in [2.75, 3.05) is 5.32 Å². The first kappa shape index (κ1) is 12.7. The maximum absolute atomic E-state index is 13.0. The number of hydrogen-bond acceptors (Lipinski definition) is 2. The molecule has 1 aromatic heterocycles. The molecule has 0 radical (unpaired) electrons. The highest BCUT2D eigenvalue weighted by Gasteiger charge is 2.54. The van der Waals surface area contributed by atoms with Crippen LogP contribution in [0, 0.1) is 23.2 Å². The van der Waals surface area contributed by atoms with E-state index in [1.54, 1.807) is 0 Å². The number of anilines is 1. The molecule has 0 aliphatic heterocycles. The largest absolute Gasteiger partial charge is 0.440 e. The molecule has 2 aromatic rings. The van der Waals surface area contributed by atoms with E-state index in [9.17, 15) is 4.79 Å². The molecule has 0 atom stereocenters. The standard InChI is InChI=1S/C19H21NO2/c21-18(20-17-8-15-3-1-2-4-16(15)22-17)19-9-12-5-13(10-19)7-14(6-12)11-19/h1-4,8,12-14H,5-7,9-11H2,(H,20,21). The molecule has 3 nitrogen and oxygen atoms in total. The molecule has 1 heterocycles. The molecule has 0 saturated heterocycles. The SMILES string of the molecule is O=C(Nc1cc2ccccc2o1)C12CC3CC(CC(C3)C1)C2. The molecular formula is C19H21NO2. The van der Waals surface area contributed by atoms with Gasteiger partial charge in [0.1, 0.15) is 5.58 Å². The predicted molar refractivity (Wildman–Crippen MR) is 85.4 cm³/mol. The molecule has 4 aliphatic carbocycles. The van der Waals surface area contributed by atoms with Gasteiger partial charge >= 0.3 is 0 Å². The van der Waals surface area contributed by atoms with Crippen molar-refractivity contribution < 1.29 is 9.21 Å². The van der Waals surface area contributed by atoms with Crippen LogP contribution in [0.4, 0.5) is 5.88 Å². The Morgan fingerprint density at radius 2 is 1.68 bits per heavy atom. The third-order valence-electron chi connectivity index (χ3n) is 6.18. The molecule has 1 amide bonds. The van der Waals surface area contributed by atoms with Gasteiger partial charge < -0.3 is 4.42 Å². The zero-order valence-corrected chi connectivity index (χ0v) is 12.7. The lowest BCUT2D eigenvalue weighted by atomic mass is 9.49. The molecule has 4 aliphatic rings. The van der Waals surface area contributed by atoms with Crippen LogP contribution in [-0.2, 0) is 4.79 Å². The summed E-state index contributed by atoms with van der Waals surface area (Å²) in [6.07, 6.45) is 7.34. The number of furan rings is 1. The van der Waals surface area contributed by atoms with Gasteiger partial charge in [-0.2, -0.15) is 0 Å². The van der Waals surface area contributed by atoms with Crippen LogP contribution < -0.4 is 5.32 Å². The molecule has 3 heteroatoms. The lowest BCUT2D eigenvalue weighted by Crippen LogP contribution is -2.51. The summed E-state index contributed by atoms with van der Waals surface area (Å²) in [6, 6.07) is 9.84. The Morgan fingerprint density at radius 1 is 1.05 bits per heavy atom. The third-order valence-corrected chi connectivity index (χ3v) is 6.18. The molecule has 114 valence electrons. The van der Waals surface area contributed by atoms with Gasteiger partial charge in [-0.3, -0.25) is 10.1 Å². The van der Waals surface area contributed by atoms with Crippen molar-refractivity contribution in [2.45, 2.75) is 38.5 Å². The van der Waals surface area contributed by atoms with E-state index in [0.717, 1.165) is 48.0 Å². The number of carbonyl (C=O) groups is 1. The Bertz CT molecular complexity index is 676. The van der Waals surface area contributed by atoms with Crippen LogP contribution in [0.5, 0.6) is 0 Å². The second kappa shape index (κ2) is 4.37. The number of fused-ring (bicyclic) bond motifs is 1. The van der Waals surface area contributed by atoms with E-state index >= 15 is 0 Å². The quantitative estimate of drug-likeness (QED) is 0.880.